The minimum atomic E-state index is -0.981. The Kier molecular flexibility index (Phi) is 1.63. The third-order valence-electron chi connectivity index (χ3n) is 5.51. The summed E-state index contributed by atoms with van der Waals surface area (Å²) in [5, 5.41) is 9.51. The molecule has 1 saturated heterocycles. The number of hydrogen-bond donors (Lipinski definition) is 1. The van der Waals surface area contributed by atoms with Gasteiger partial charge in [0.1, 0.15) is 0 Å². The fourth-order valence-corrected chi connectivity index (χ4v) is 5.99. The standard InChI is InChI=1S/C11H15BrO3/c1-9-5-15-11(8(13)14)7(12)6(9)3-4-10(9,11)2/h6-7H,3-5H2,1-2H3,(H,13,14)/t6-,7-,9+,10-,11+/m1/s1. The van der Waals surface area contributed by atoms with Gasteiger partial charge in [-0.1, -0.05) is 29.8 Å². The molecule has 5 atom stereocenters. The van der Waals surface area contributed by atoms with Crippen LogP contribution in [0.5, 0.6) is 0 Å². The minimum Gasteiger partial charge on any atom is -0.479 e. The van der Waals surface area contributed by atoms with Gasteiger partial charge in [-0.15, -0.1) is 0 Å². The van der Waals surface area contributed by atoms with E-state index in [0.717, 1.165) is 12.8 Å². The largest absolute Gasteiger partial charge is 0.479 e. The quantitative estimate of drug-likeness (QED) is 0.745. The normalized spacial score (nSPS) is 61.3. The van der Waals surface area contributed by atoms with E-state index in [4.69, 9.17) is 4.74 Å². The Morgan fingerprint density at radius 3 is 2.60 bits per heavy atom. The van der Waals surface area contributed by atoms with E-state index in [1.54, 1.807) is 0 Å². The molecule has 2 aliphatic carbocycles. The van der Waals surface area contributed by atoms with Gasteiger partial charge < -0.3 is 9.84 Å². The number of aliphatic carboxylic acids is 1. The van der Waals surface area contributed by atoms with Crippen LogP contribution < -0.4 is 0 Å². The monoisotopic (exact) mass is 274 g/mol. The van der Waals surface area contributed by atoms with Gasteiger partial charge >= 0.3 is 5.97 Å². The zero-order valence-corrected chi connectivity index (χ0v) is 10.5. The fraction of sp³-hybridized carbons (Fsp3) is 0.909. The van der Waals surface area contributed by atoms with Gasteiger partial charge in [0.2, 0.25) is 0 Å². The number of halogens is 1. The van der Waals surface area contributed by atoms with E-state index in [9.17, 15) is 9.90 Å². The van der Waals surface area contributed by atoms with Crippen molar-refractivity contribution in [3.8, 4) is 0 Å². The van der Waals surface area contributed by atoms with Gasteiger partial charge in [0, 0.05) is 10.8 Å². The zero-order chi connectivity index (χ0) is 11.1. The second-order valence-corrected chi connectivity index (χ2v) is 6.61. The van der Waals surface area contributed by atoms with Crippen LogP contribution in [0.2, 0.25) is 0 Å². The molecular formula is C11H15BrO3. The third-order valence-corrected chi connectivity index (χ3v) is 6.80. The zero-order valence-electron chi connectivity index (χ0n) is 8.92. The van der Waals surface area contributed by atoms with Crippen LogP contribution in [0, 0.1) is 16.7 Å². The van der Waals surface area contributed by atoms with Crippen LogP contribution in [0.15, 0.2) is 0 Å². The summed E-state index contributed by atoms with van der Waals surface area (Å²) in [6.07, 6.45) is 2.10. The first-order valence-electron chi connectivity index (χ1n) is 5.41. The summed E-state index contributed by atoms with van der Waals surface area (Å²) < 4.78 is 5.71. The summed E-state index contributed by atoms with van der Waals surface area (Å²) in [6, 6.07) is 0. The highest BCUT2D eigenvalue weighted by molar-refractivity contribution is 9.09. The first kappa shape index (κ1) is 10.1. The topological polar surface area (TPSA) is 46.5 Å². The van der Waals surface area contributed by atoms with Crippen LogP contribution in [0.4, 0.5) is 0 Å². The highest BCUT2D eigenvalue weighted by Crippen LogP contribution is 2.76. The smallest absolute Gasteiger partial charge is 0.337 e. The Morgan fingerprint density at radius 1 is 1.53 bits per heavy atom. The predicted octanol–water partition coefficient (Wildman–Crippen LogP) is 2.04. The summed E-state index contributed by atoms with van der Waals surface area (Å²) in [6.45, 7) is 4.88. The van der Waals surface area contributed by atoms with Crippen LogP contribution >= 0.6 is 15.9 Å². The van der Waals surface area contributed by atoms with E-state index in [2.05, 4.69) is 29.8 Å². The first-order chi connectivity index (χ1) is 6.90. The molecular weight excluding hydrogens is 260 g/mol. The lowest BCUT2D eigenvalue weighted by molar-refractivity contribution is -0.172. The van der Waals surface area contributed by atoms with Gasteiger partial charge in [-0.05, 0) is 18.8 Å². The molecule has 1 heterocycles. The third kappa shape index (κ3) is 0.705. The molecule has 0 spiro atoms. The lowest BCUT2D eigenvalue weighted by Gasteiger charge is -2.40. The van der Waals surface area contributed by atoms with Gasteiger partial charge in [0.15, 0.2) is 5.60 Å². The Balaban J connectivity index is 2.23. The highest BCUT2D eigenvalue weighted by Gasteiger charge is 2.82. The molecule has 3 rings (SSSR count). The molecule has 0 amide bonds. The lowest BCUT2D eigenvalue weighted by Crippen LogP contribution is -2.56. The summed E-state index contributed by atoms with van der Waals surface area (Å²) in [7, 11) is 0. The van der Waals surface area contributed by atoms with Crippen molar-refractivity contribution in [2.75, 3.05) is 6.61 Å². The molecule has 84 valence electrons. The predicted molar refractivity (Wildman–Crippen MR) is 58.0 cm³/mol. The molecule has 1 N–H and O–H groups in total. The molecule has 0 aromatic carbocycles. The highest BCUT2D eigenvalue weighted by atomic mass is 79.9. The van der Waals surface area contributed by atoms with E-state index in [1.807, 2.05) is 0 Å². The van der Waals surface area contributed by atoms with Crippen molar-refractivity contribution >= 4 is 21.9 Å². The molecule has 4 bridgehead atoms. The lowest BCUT2D eigenvalue weighted by atomic mass is 9.66. The molecule has 4 heteroatoms. The summed E-state index contributed by atoms with van der Waals surface area (Å²) in [4.78, 5) is 11.5. The molecule has 0 aromatic heterocycles. The average molecular weight is 275 g/mol. The summed E-state index contributed by atoms with van der Waals surface area (Å²) >= 11 is 3.57. The molecule has 1 aliphatic heterocycles. The van der Waals surface area contributed by atoms with E-state index < -0.39 is 11.6 Å². The van der Waals surface area contributed by atoms with Crippen LogP contribution in [0.3, 0.4) is 0 Å². The molecule has 0 radical (unpaired) electrons. The summed E-state index contributed by atoms with van der Waals surface area (Å²) in [5.41, 5.74) is -1.14. The van der Waals surface area contributed by atoms with Gasteiger partial charge in [0.25, 0.3) is 0 Å². The average Bonchev–Trinajstić information content (AvgIpc) is 2.57. The Labute approximate surface area is 97.3 Å². The molecule has 0 aromatic rings. The number of ether oxygens (including phenoxy) is 1. The SMILES string of the molecule is C[C@]12CC[C@@H]3[C@@H](Br)[C@@]1(C(=O)O)OC[C@@]32C. The molecule has 15 heavy (non-hydrogen) atoms. The number of rotatable bonds is 1. The number of carboxylic acid groups (broad SMARTS) is 1. The molecule has 3 fully saturated rings. The maximum Gasteiger partial charge on any atom is 0.337 e. The number of carbonyl (C=O) groups is 1. The second-order valence-electron chi connectivity index (χ2n) is 5.63. The minimum absolute atomic E-state index is 0.0278. The number of hydrogen-bond acceptors (Lipinski definition) is 2. The van der Waals surface area contributed by atoms with Crippen LogP contribution in [0.1, 0.15) is 26.7 Å². The van der Waals surface area contributed by atoms with Crippen molar-refractivity contribution in [3.63, 3.8) is 0 Å². The van der Waals surface area contributed by atoms with Gasteiger partial charge in [-0.25, -0.2) is 4.79 Å². The van der Waals surface area contributed by atoms with E-state index in [-0.39, 0.29) is 15.7 Å². The van der Waals surface area contributed by atoms with Crippen molar-refractivity contribution in [2.24, 2.45) is 16.7 Å². The Morgan fingerprint density at radius 2 is 2.20 bits per heavy atom. The van der Waals surface area contributed by atoms with Crippen molar-refractivity contribution in [1.82, 2.24) is 0 Å². The molecule has 3 aliphatic rings. The van der Waals surface area contributed by atoms with Gasteiger partial charge in [-0.2, -0.15) is 0 Å². The van der Waals surface area contributed by atoms with Crippen LogP contribution in [-0.2, 0) is 9.53 Å². The molecule has 2 saturated carbocycles. The van der Waals surface area contributed by atoms with Crippen molar-refractivity contribution in [1.29, 1.82) is 0 Å². The molecule has 3 nitrogen and oxygen atoms in total. The Hall–Kier alpha value is -0.0900. The number of alkyl halides is 1. The summed E-state index contributed by atoms with van der Waals surface area (Å²) in [5.74, 6) is -0.342. The van der Waals surface area contributed by atoms with Crippen LogP contribution in [-0.4, -0.2) is 28.1 Å². The second kappa shape index (κ2) is 2.43. The van der Waals surface area contributed by atoms with Gasteiger partial charge in [-0.3, -0.25) is 0 Å². The van der Waals surface area contributed by atoms with E-state index in [1.165, 1.54) is 0 Å². The maximum atomic E-state index is 11.6. The van der Waals surface area contributed by atoms with Crippen molar-refractivity contribution < 1.29 is 14.6 Å². The van der Waals surface area contributed by atoms with E-state index in [0.29, 0.717) is 12.5 Å². The first-order valence-corrected chi connectivity index (χ1v) is 6.33. The van der Waals surface area contributed by atoms with Gasteiger partial charge in [0.05, 0.1) is 11.4 Å². The Bertz CT molecular complexity index is 358. The fourth-order valence-electron chi connectivity index (χ4n) is 4.31. The van der Waals surface area contributed by atoms with Crippen LogP contribution in [0.25, 0.3) is 0 Å². The van der Waals surface area contributed by atoms with Crippen molar-refractivity contribution in [3.05, 3.63) is 0 Å². The van der Waals surface area contributed by atoms with E-state index >= 15 is 0 Å². The molecule has 0 unspecified atom stereocenters. The maximum absolute atomic E-state index is 11.6. The van der Waals surface area contributed by atoms with Crippen molar-refractivity contribution in [2.45, 2.75) is 37.1 Å². The number of carboxylic acids is 1.